The van der Waals surface area contributed by atoms with Crippen LogP contribution in [0.15, 0.2) is 18.2 Å². The zero-order valence-electron chi connectivity index (χ0n) is 13.9. The van der Waals surface area contributed by atoms with E-state index in [0.717, 1.165) is 38.3 Å². The lowest BCUT2D eigenvalue weighted by atomic mass is 10.2. The van der Waals surface area contributed by atoms with Crippen LogP contribution in [0, 0.1) is 0 Å². The lowest BCUT2D eigenvalue weighted by Gasteiger charge is -2.34. The second-order valence-corrected chi connectivity index (χ2v) is 6.11. The molecule has 1 saturated heterocycles. The summed E-state index contributed by atoms with van der Waals surface area (Å²) >= 11 is 5.98. The molecule has 1 aliphatic heterocycles. The first-order valence-corrected chi connectivity index (χ1v) is 8.48. The summed E-state index contributed by atoms with van der Waals surface area (Å²) in [5.41, 5.74) is 0.862. The van der Waals surface area contributed by atoms with E-state index in [1.807, 2.05) is 6.07 Å². The number of ether oxygens (including phenoxy) is 2. The largest absolute Gasteiger partial charge is 0.495 e. The van der Waals surface area contributed by atoms with Gasteiger partial charge in [0.05, 0.1) is 12.1 Å². The molecule has 0 saturated carbocycles. The molecule has 0 N–H and O–H groups in total. The third-order valence-electron chi connectivity index (χ3n) is 4.04. The van der Waals surface area contributed by atoms with Gasteiger partial charge in [-0.15, -0.1) is 0 Å². The number of methoxy groups -OCH3 is 1. The maximum Gasteiger partial charge on any atom is 0.410 e. The van der Waals surface area contributed by atoms with Gasteiger partial charge in [-0.1, -0.05) is 31.0 Å². The molecule has 0 bridgehead atoms. The van der Waals surface area contributed by atoms with E-state index in [4.69, 9.17) is 21.1 Å². The summed E-state index contributed by atoms with van der Waals surface area (Å²) in [5.74, 6) is 0.588. The molecular formula is C17H25ClN2O3. The number of hydrogen-bond acceptors (Lipinski definition) is 4. The molecule has 128 valence electrons. The maximum atomic E-state index is 12.1. The number of piperazine rings is 1. The van der Waals surface area contributed by atoms with E-state index < -0.39 is 0 Å². The lowest BCUT2D eigenvalue weighted by Crippen LogP contribution is -2.48. The van der Waals surface area contributed by atoms with Crippen LogP contribution < -0.4 is 4.74 Å². The molecule has 1 heterocycles. The van der Waals surface area contributed by atoms with Crippen molar-refractivity contribution in [3.63, 3.8) is 0 Å². The number of rotatable bonds is 6. The van der Waals surface area contributed by atoms with Crippen LogP contribution >= 0.6 is 11.6 Å². The van der Waals surface area contributed by atoms with Crippen molar-refractivity contribution >= 4 is 17.7 Å². The number of amides is 1. The minimum atomic E-state index is -0.256. The molecule has 0 spiro atoms. The fourth-order valence-corrected chi connectivity index (χ4v) is 2.76. The van der Waals surface area contributed by atoms with Crippen LogP contribution in [0.25, 0.3) is 0 Å². The van der Waals surface area contributed by atoms with E-state index >= 15 is 0 Å². The van der Waals surface area contributed by atoms with Crippen LogP contribution in [0.2, 0.25) is 5.02 Å². The molecule has 0 aromatic heterocycles. The molecule has 1 amide bonds. The molecule has 1 aliphatic rings. The van der Waals surface area contributed by atoms with Crippen LogP contribution in [0.3, 0.4) is 0 Å². The van der Waals surface area contributed by atoms with Crippen molar-refractivity contribution in [2.75, 3.05) is 39.8 Å². The second-order valence-electron chi connectivity index (χ2n) is 5.71. The van der Waals surface area contributed by atoms with Gasteiger partial charge >= 0.3 is 6.09 Å². The molecule has 5 nitrogen and oxygen atoms in total. The fraction of sp³-hybridized carbons (Fsp3) is 0.588. The van der Waals surface area contributed by atoms with Gasteiger partial charge in [0.25, 0.3) is 0 Å². The first kappa shape index (κ1) is 17.9. The molecule has 2 rings (SSSR count). The van der Waals surface area contributed by atoms with Gasteiger partial charge in [0.1, 0.15) is 12.4 Å². The fourth-order valence-electron chi connectivity index (χ4n) is 2.57. The molecule has 0 unspecified atom stereocenters. The smallest absolute Gasteiger partial charge is 0.410 e. The van der Waals surface area contributed by atoms with Crippen molar-refractivity contribution in [2.45, 2.75) is 26.4 Å². The highest BCUT2D eigenvalue weighted by molar-refractivity contribution is 6.32. The zero-order chi connectivity index (χ0) is 16.7. The normalized spacial score (nSPS) is 15.5. The van der Waals surface area contributed by atoms with Crippen LogP contribution in [0.4, 0.5) is 4.79 Å². The summed E-state index contributed by atoms with van der Waals surface area (Å²) in [7, 11) is 1.56. The van der Waals surface area contributed by atoms with Crippen molar-refractivity contribution < 1.29 is 14.3 Å². The molecule has 6 heteroatoms. The molecule has 1 fully saturated rings. The van der Waals surface area contributed by atoms with Crippen LogP contribution in [-0.2, 0) is 11.3 Å². The summed E-state index contributed by atoms with van der Waals surface area (Å²) in [5, 5.41) is 0.547. The first-order valence-electron chi connectivity index (χ1n) is 8.10. The van der Waals surface area contributed by atoms with E-state index in [-0.39, 0.29) is 12.7 Å². The molecule has 1 aromatic carbocycles. The quantitative estimate of drug-likeness (QED) is 0.796. The van der Waals surface area contributed by atoms with Gasteiger partial charge in [-0.25, -0.2) is 4.79 Å². The van der Waals surface area contributed by atoms with E-state index in [1.165, 1.54) is 12.8 Å². The van der Waals surface area contributed by atoms with Gasteiger partial charge in [-0.3, -0.25) is 4.90 Å². The zero-order valence-corrected chi connectivity index (χ0v) is 14.6. The Morgan fingerprint density at radius 2 is 2.00 bits per heavy atom. The number of unbranched alkanes of at least 4 members (excludes halogenated alkanes) is 1. The number of carbonyl (C=O) groups excluding carboxylic acids is 1. The Hall–Kier alpha value is -1.46. The van der Waals surface area contributed by atoms with Crippen molar-refractivity contribution in [3.05, 3.63) is 28.8 Å². The standard InChI is InChI=1S/C17H25ClN2O3/c1-3-4-7-19-8-10-20(11-9-19)17(21)23-13-14-5-6-15(18)16(12-14)22-2/h5-6,12H,3-4,7-11,13H2,1-2H3. The Bertz CT molecular complexity index is 517. The number of benzene rings is 1. The van der Waals surface area contributed by atoms with Crippen LogP contribution in [0.1, 0.15) is 25.3 Å². The van der Waals surface area contributed by atoms with Gasteiger partial charge in [0.2, 0.25) is 0 Å². The minimum Gasteiger partial charge on any atom is -0.495 e. The Kier molecular flexibility index (Phi) is 6.99. The van der Waals surface area contributed by atoms with Crippen molar-refractivity contribution in [1.29, 1.82) is 0 Å². The van der Waals surface area contributed by atoms with Gasteiger partial charge in [0.15, 0.2) is 0 Å². The molecule has 0 radical (unpaired) electrons. The third kappa shape index (κ3) is 5.29. The number of nitrogens with zero attached hydrogens (tertiary/aromatic N) is 2. The molecular weight excluding hydrogens is 316 g/mol. The Morgan fingerprint density at radius 3 is 2.65 bits per heavy atom. The Labute approximate surface area is 143 Å². The SMILES string of the molecule is CCCCN1CCN(C(=O)OCc2ccc(Cl)c(OC)c2)CC1. The van der Waals surface area contributed by atoms with Gasteiger partial charge in [0, 0.05) is 26.2 Å². The highest BCUT2D eigenvalue weighted by atomic mass is 35.5. The summed E-state index contributed by atoms with van der Waals surface area (Å²) in [6, 6.07) is 5.37. The lowest BCUT2D eigenvalue weighted by molar-refractivity contribution is 0.0713. The summed E-state index contributed by atoms with van der Waals surface area (Å²) in [6.07, 6.45) is 2.16. The van der Waals surface area contributed by atoms with E-state index in [9.17, 15) is 4.79 Å². The van der Waals surface area contributed by atoms with Gasteiger partial charge < -0.3 is 14.4 Å². The average molecular weight is 341 g/mol. The van der Waals surface area contributed by atoms with Crippen LogP contribution in [-0.4, -0.2) is 55.7 Å². The van der Waals surface area contributed by atoms with Gasteiger partial charge in [-0.2, -0.15) is 0 Å². The first-order chi connectivity index (χ1) is 11.1. The number of hydrogen-bond donors (Lipinski definition) is 0. The van der Waals surface area contributed by atoms with Gasteiger partial charge in [-0.05, 0) is 30.7 Å². The van der Waals surface area contributed by atoms with E-state index in [1.54, 1.807) is 24.1 Å². The number of carbonyl (C=O) groups is 1. The topological polar surface area (TPSA) is 42.0 Å². The van der Waals surface area contributed by atoms with Crippen molar-refractivity contribution in [1.82, 2.24) is 9.80 Å². The highest BCUT2D eigenvalue weighted by Crippen LogP contribution is 2.25. The number of halogens is 1. The Morgan fingerprint density at radius 1 is 1.26 bits per heavy atom. The predicted octanol–water partition coefficient (Wildman–Crippen LogP) is 3.40. The summed E-state index contributed by atoms with van der Waals surface area (Å²) < 4.78 is 10.6. The summed E-state index contributed by atoms with van der Waals surface area (Å²) in [6.45, 7) is 6.83. The monoisotopic (exact) mass is 340 g/mol. The third-order valence-corrected chi connectivity index (χ3v) is 4.35. The predicted molar refractivity (Wildman–Crippen MR) is 91.1 cm³/mol. The van der Waals surface area contributed by atoms with E-state index in [2.05, 4.69) is 11.8 Å². The maximum absolute atomic E-state index is 12.1. The van der Waals surface area contributed by atoms with Crippen molar-refractivity contribution in [2.24, 2.45) is 0 Å². The van der Waals surface area contributed by atoms with E-state index in [0.29, 0.717) is 10.8 Å². The minimum absolute atomic E-state index is 0.225. The molecule has 0 atom stereocenters. The molecule has 23 heavy (non-hydrogen) atoms. The van der Waals surface area contributed by atoms with Crippen LogP contribution in [0.5, 0.6) is 5.75 Å². The highest BCUT2D eigenvalue weighted by Gasteiger charge is 2.21. The molecule has 1 aromatic rings. The Balaban J connectivity index is 1.77. The molecule has 0 aliphatic carbocycles. The second kappa shape index (κ2) is 8.99. The average Bonchev–Trinajstić information content (AvgIpc) is 2.59. The summed E-state index contributed by atoms with van der Waals surface area (Å²) in [4.78, 5) is 16.3. The van der Waals surface area contributed by atoms with Crippen molar-refractivity contribution in [3.8, 4) is 5.75 Å².